The number of rotatable bonds is 2. The fourth-order valence-corrected chi connectivity index (χ4v) is 4.11. The van der Waals surface area contributed by atoms with Crippen molar-refractivity contribution in [3.63, 3.8) is 0 Å². The van der Waals surface area contributed by atoms with Crippen LogP contribution in [0, 0.1) is 11.8 Å². The molecule has 120 valence electrons. The molecule has 1 saturated carbocycles. The molecule has 0 bridgehead atoms. The van der Waals surface area contributed by atoms with Gasteiger partial charge in [0.25, 0.3) is 0 Å². The summed E-state index contributed by atoms with van der Waals surface area (Å²) in [6.07, 6.45) is 2.86. The molecule has 2 N–H and O–H groups in total. The molecule has 23 heavy (non-hydrogen) atoms. The predicted octanol–water partition coefficient (Wildman–Crippen LogP) is 3.08. The van der Waals surface area contributed by atoms with Crippen LogP contribution in [0.2, 0.25) is 5.15 Å². The zero-order valence-electron chi connectivity index (χ0n) is 12.4. The largest absolute Gasteiger partial charge is 0.465 e. The van der Waals surface area contributed by atoms with E-state index in [0.717, 1.165) is 29.6 Å². The van der Waals surface area contributed by atoms with Crippen LogP contribution < -0.4 is 5.32 Å². The second-order valence-corrected chi connectivity index (χ2v) is 6.77. The Kier molecular flexibility index (Phi) is 3.49. The summed E-state index contributed by atoms with van der Waals surface area (Å²) in [4.78, 5) is 21.3. The van der Waals surface area contributed by atoms with Gasteiger partial charge >= 0.3 is 6.09 Å². The first kappa shape index (κ1) is 14.5. The molecule has 1 saturated heterocycles. The van der Waals surface area contributed by atoms with Gasteiger partial charge in [-0.3, -0.25) is 4.98 Å². The van der Waals surface area contributed by atoms with Crippen LogP contribution in [0.5, 0.6) is 0 Å². The molecule has 2 fully saturated rings. The van der Waals surface area contributed by atoms with Crippen LogP contribution in [0.25, 0.3) is 10.9 Å². The lowest BCUT2D eigenvalue weighted by atomic mass is 10.0. The number of nitrogens with one attached hydrogen (secondary N) is 1. The quantitative estimate of drug-likeness (QED) is 0.826. The Balaban J connectivity index is 1.52. The van der Waals surface area contributed by atoms with Crippen LogP contribution in [-0.4, -0.2) is 45.2 Å². The van der Waals surface area contributed by atoms with Crippen molar-refractivity contribution in [1.82, 2.24) is 14.9 Å². The van der Waals surface area contributed by atoms with E-state index in [1.807, 2.05) is 12.1 Å². The molecule has 0 aromatic carbocycles. The highest BCUT2D eigenvalue weighted by molar-refractivity contribution is 6.30. The minimum atomic E-state index is -0.808. The molecular formula is C16H17ClN4O2. The fourth-order valence-electron chi connectivity index (χ4n) is 3.92. The van der Waals surface area contributed by atoms with Gasteiger partial charge in [-0.25, -0.2) is 9.78 Å². The Hall–Kier alpha value is -2.08. The number of halogens is 1. The Labute approximate surface area is 138 Å². The van der Waals surface area contributed by atoms with Gasteiger partial charge in [0.05, 0.1) is 5.52 Å². The van der Waals surface area contributed by atoms with E-state index in [9.17, 15) is 4.79 Å². The number of aromatic nitrogens is 2. The van der Waals surface area contributed by atoms with Crippen LogP contribution in [0.4, 0.5) is 10.6 Å². The summed E-state index contributed by atoms with van der Waals surface area (Å²) in [5.41, 5.74) is 0.824. The lowest BCUT2D eigenvalue weighted by Gasteiger charge is -2.18. The van der Waals surface area contributed by atoms with Crippen molar-refractivity contribution in [3.8, 4) is 0 Å². The third kappa shape index (κ3) is 2.67. The smallest absolute Gasteiger partial charge is 0.407 e. The van der Waals surface area contributed by atoms with Gasteiger partial charge in [-0.1, -0.05) is 11.6 Å². The minimum Gasteiger partial charge on any atom is -0.465 e. The summed E-state index contributed by atoms with van der Waals surface area (Å²) in [7, 11) is 0. The third-order valence-electron chi connectivity index (χ3n) is 4.93. The van der Waals surface area contributed by atoms with Gasteiger partial charge in [-0.2, -0.15) is 0 Å². The second kappa shape index (κ2) is 5.53. The monoisotopic (exact) mass is 332 g/mol. The molecule has 2 aromatic heterocycles. The van der Waals surface area contributed by atoms with E-state index < -0.39 is 6.09 Å². The Morgan fingerprint density at radius 2 is 2.09 bits per heavy atom. The summed E-state index contributed by atoms with van der Waals surface area (Å²) in [6.45, 7) is 1.28. The molecule has 2 aromatic rings. The van der Waals surface area contributed by atoms with Crippen LogP contribution in [0.15, 0.2) is 24.4 Å². The van der Waals surface area contributed by atoms with Crippen LogP contribution >= 0.6 is 11.6 Å². The number of likely N-dealkylation sites (tertiary alicyclic amines) is 1. The summed E-state index contributed by atoms with van der Waals surface area (Å²) in [5, 5.41) is 14.0. The van der Waals surface area contributed by atoms with Gasteiger partial charge < -0.3 is 15.3 Å². The number of hydrogen-bond donors (Lipinski definition) is 2. The lowest BCUT2D eigenvalue weighted by Crippen LogP contribution is -2.29. The summed E-state index contributed by atoms with van der Waals surface area (Å²) in [5.74, 6) is 1.64. The first-order valence-corrected chi connectivity index (χ1v) is 8.13. The van der Waals surface area contributed by atoms with E-state index in [4.69, 9.17) is 16.7 Å². The third-order valence-corrected chi connectivity index (χ3v) is 5.12. The Morgan fingerprint density at radius 3 is 2.78 bits per heavy atom. The highest BCUT2D eigenvalue weighted by Crippen LogP contribution is 2.39. The van der Waals surface area contributed by atoms with E-state index in [-0.39, 0.29) is 0 Å². The fraction of sp³-hybridized carbons (Fsp3) is 0.438. The molecule has 6 nitrogen and oxygen atoms in total. The Morgan fingerprint density at radius 1 is 1.35 bits per heavy atom. The molecule has 7 heteroatoms. The van der Waals surface area contributed by atoms with Gasteiger partial charge in [0, 0.05) is 36.8 Å². The zero-order chi connectivity index (χ0) is 16.0. The molecule has 0 spiro atoms. The van der Waals surface area contributed by atoms with Crippen molar-refractivity contribution < 1.29 is 9.90 Å². The van der Waals surface area contributed by atoms with Crippen molar-refractivity contribution in [3.05, 3.63) is 29.5 Å². The van der Waals surface area contributed by atoms with Gasteiger partial charge in [-0.05, 0) is 36.8 Å². The summed E-state index contributed by atoms with van der Waals surface area (Å²) in [6, 6.07) is 5.93. The highest BCUT2D eigenvalue weighted by Gasteiger charge is 2.42. The maximum absolute atomic E-state index is 11.1. The molecule has 1 aliphatic carbocycles. The number of nitrogens with zero attached hydrogens (tertiary/aromatic N) is 3. The summed E-state index contributed by atoms with van der Waals surface area (Å²) >= 11 is 6.10. The van der Waals surface area contributed by atoms with Crippen LogP contribution in [-0.2, 0) is 0 Å². The topological polar surface area (TPSA) is 78.4 Å². The first-order chi connectivity index (χ1) is 11.1. The summed E-state index contributed by atoms with van der Waals surface area (Å²) < 4.78 is 0. The van der Waals surface area contributed by atoms with Gasteiger partial charge in [0.1, 0.15) is 11.0 Å². The maximum atomic E-state index is 11.1. The predicted molar refractivity (Wildman–Crippen MR) is 87.8 cm³/mol. The molecule has 4 rings (SSSR count). The number of anilines is 1. The minimum absolute atomic E-state index is 0.301. The van der Waals surface area contributed by atoms with Crippen molar-refractivity contribution >= 4 is 34.4 Å². The van der Waals surface area contributed by atoms with E-state index in [2.05, 4.69) is 15.3 Å². The maximum Gasteiger partial charge on any atom is 0.407 e. The molecular weight excluding hydrogens is 316 g/mol. The number of carbonyl (C=O) groups is 1. The van der Waals surface area contributed by atoms with Gasteiger partial charge in [-0.15, -0.1) is 0 Å². The van der Waals surface area contributed by atoms with Crippen LogP contribution in [0.1, 0.15) is 12.8 Å². The molecule has 1 aliphatic heterocycles. The van der Waals surface area contributed by atoms with Crippen LogP contribution in [0.3, 0.4) is 0 Å². The second-order valence-electron chi connectivity index (χ2n) is 6.38. The van der Waals surface area contributed by atoms with E-state index in [0.29, 0.717) is 36.1 Å². The number of fused-ring (bicyclic) bond motifs is 2. The van der Waals surface area contributed by atoms with E-state index in [1.54, 1.807) is 12.3 Å². The van der Waals surface area contributed by atoms with Crippen molar-refractivity contribution in [2.75, 3.05) is 18.4 Å². The Bertz CT molecular complexity index is 755. The number of amides is 1. The average molecular weight is 333 g/mol. The van der Waals surface area contributed by atoms with Crippen molar-refractivity contribution in [1.29, 1.82) is 0 Å². The van der Waals surface area contributed by atoms with Crippen molar-refractivity contribution in [2.45, 2.75) is 18.9 Å². The van der Waals surface area contributed by atoms with E-state index >= 15 is 0 Å². The number of pyridine rings is 2. The van der Waals surface area contributed by atoms with Gasteiger partial charge in [0.2, 0.25) is 0 Å². The molecule has 2 aliphatic rings. The van der Waals surface area contributed by atoms with Crippen molar-refractivity contribution in [2.24, 2.45) is 11.8 Å². The molecule has 0 radical (unpaired) electrons. The molecule has 1 amide bonds. The molecule has 3 heterocycles. The zero-order valence-corrected chi connectivity index (χ0v) is 13.2. The normalized spacial score (nSPS) is 26.5. The highest BCUT2D eigenvalue weighted by atomic mass is 35.5. The average Bonchev–Trinajstić information content (AvgIpc) is 3.05. The molecule has 1 unspecified atom stereocenters. The lowest BCUT2D eigenvalue weighted by molar-refractivity contribution is 0.152. The standard InChI is InChI=1S/C16H17ClN4O2/c17-14-6-13-12(2-1-3-18-13)15(20-14)19-11-4-9-7-21(16(22)23)8-10(9)5-11/h1-3,6,9-11H,4-5,7-8H2,(H,19,20)(H,22,23)/t9-,10+,11?. The number of hydrogen-bond acceptors (Lipinski definition) is 4. The first-order valence-electron chi connectivity index (χ1n) is 7.76. The molecule has 3 atom stereocenters. The SMILES string of the molecule is O=C(O)N1C[C@H]2CC(Nc3nc(Cl)cc4ncccc34)C[C@H]2C1. The van der Waals surface area contributed by atoms with Gasteiger partial charge in [0.15, 0.2) is 0 Å². The number of carboxylic acid groups (broad SMARTS) is 1. The van der Waals surface area contributed by atoms with E-state index in [1.165, 1.54) is 4.90 Å².